The zero-order valence-corrected chi connectivity index (χ0v) is 36.0. The summed E-state index contributed by atoms with van der Waals surface area (Å²) >= 11 is 0. The number of hydrogen-bond donors (Lipinski definition) is 5. The van der Waals surface area contributed by atoms with Gasteiger partial charge in [-0.2, -0.15) is 0 Å². The molecule has 2 heterocycles. The molecule has 10 nitrogen and oxygen atoms in total. The Balaban J connectivity index is 1.10. The smallest absolute Gasteiger partial charge is 0.302 e. The molecule has 0 aromatic heterocycles. The van der Waals surface area contributed by atoms with Crippen molar-refractivity contribution < 1.29 is 44.6 Å². The molecule has 1 spiro atoms. The van der Waals surface area contributed by atoms with Crippen LogP contribution in [-0.2, 0) is 23.7 Å². The Kier molecular flexibility index (Phi) is 14.3. The van der Waals surface area contributed by atoms with Gasteiger partial charge in [0.15, 0.2) is 0 Å². The summed E-state index contributed by atoms with van der Waals surface area (Å²) in [6, 6.07) is 0. The average Bonchev–Trinajstić information content (AvgIpc) is 3.80. The molecule has 10 heteroatoms. The predicted molar refractivity (Wildman–Crippen MR) is 218 cm³/mol. The summed E-state index contributed by atoms with van der Waals surface area (Å²) in [5, 5.41) is 26.9. The van der Waals surface area contributed by atoms with Crippen LogP contribution in [0, 0.1) is 70.5 Å². The number of quaternary nitrogens is 2. The highest BCUT2D eigenvalue weighted by Crippen LogP contribution is 2.69. The van der Waals surface area contributed by atoms with Crippen LogP contribution in [0.25, 0.3) is 0 Å². The molecule has 8 rings (SSSR count). The molecule has 8 N–H and O–H groups in total. The Hall–Kier alpha value is -0.850. The molecule has 57 heavy (non-hydrogen) atoms. The van der Waals surface area contributed by atoms with Gasteiger partial charge >= 0.3 is 5.97 Å². The highest BCUT2D eigenvalue weighted by molar-refractivity contribution is 5.65. The molecule has 18 atom stereocenters. The Morgan fingerprint density at radius 2 is 1.74 bits per heavy atom. The fraction of sp³-hybridized carbons (Fsp3) is 0.979. The molecule has 326 valence electrons. The molecular weight excluding hydrogens is 719 g/mol. The molecule has 6 saturated carbocycles. The van der Waals surface area contributed by atoms with Crippen molar-refractivity contribution in [2.75, 3.05) is 40.5 Å². The highest BCUT2D eigenvalue weighted by Gasteiger charge is 2.66. The van der Waals surface area contributed by atoms with Gasteiger partial charge in [-0.25, -0.2) is 0 Å². The summed E-state index contributed by atoms with van der Waals surface area (Å²) in [5.74, 6) is 5.66. The van der Waals surface area contributed by atoms with Crippen LogP contribution < -0.4 is 16.4 Å². The Labute approximate surface area is 344 Å². The second kappa shape index (κ2) is 19.0. The predicted octanol–water partition coefficient (Wildman–Crippen LogP) is 4.14. The van der Waals surface area contributed by atoms with Crippen molar-refractivity contribution in [2.45, 2.75) is 178 Å². The molecule has 6 aliphatic carbocycles. The van der Waals surface area contributed by atoms with E-state index in [9.17, 15) is 15.0 Å². The first kappa shape index (κ1) is 42.8. The molecule has 0 amide bonds. The molecule has 2 saturated heterocycles. The number of esters is 1. The summed E-state index contributed by atoms with van der Waals surface area (Å²) in [4.78, 5) is 12.4. The van der Waals surface area contributed by atoms with E-state index in [1.54, 1.807) is 6.92 Å². The van der Waals surface area contributed by atoms with Gasteiger partial charge in [-0.15, -0.1) is 0 Å². The lowest BCUT2D eigenvalue weighted by Crippen LogP contribution is -2.95. The summed E-state index contributed by atoms with van der Waals surface area (Å²) in [6.07, 6.45) is 23.4. The summed E-state index contributed by atoms with van der Waals surface area (Å²) in [6.45, 7) is 4.67. The Bertz CT molecular complexity index is 1290. The number of carbonyl (C=O) groups is 1. The van der Waals surface area contributed by atoms with Crippen molar-refractivity contribution >= 4 is 5.97 Å². The van der Waals surface area contributed by atoms with Crippen LogP contribution in [-0.4, -0.2) is 99.4 Å². The topological polar surface area (TPSA) is 154 Å². The van der Waals surface area contributed by atoms with E-state index in [0.29, 0.717) is 42.8 Å². The fourth-order valence-corrected chi connectivity index (χ4v) is 15.8. The maximum atomic E-state index is 12.4. The molecular formula is C47H83N3O7+2. The summed E-state index contributed by atoms with van der Waals surface area (Å²) in [7, 11) is 3.94. The number of aliphatic hydroxyl groups is 2. The van der Waals surface area contributed by atoms with Crippen LogP contribution in [0.3, 0.4) is 0 Å². The third-order valence-corrected chi connectivity index (χ3v) is 18.2. The third kappa shape index (κ3) is 9.20. The lowest BCUT2D eigenvalue weighted by molar-refractivity contribution is -0.704. The lowest BCUT2D eigenvalue weighted by Gasteiger charge is -2.61. The van der Waals surface area contributed by atoms with E-state index in [0.717, 1.165) is 75.2 Å². The average molecular weight is 802 g/mol. The molecule has 13 unspecified atom stereocenters. The van der Waals surface area contributed by atoms with Crippen LogP contribution in [0.2, 0.25) is 0 Å². The van der Waals surface area contributed by atoms with Gasteiger partial charge in [0.25, 0.3) is 0 Å². The number of piperidine rings is 1. The zero-order chi connectivity index (χ0) is 39.7. The zero-order valence-electron chi connectivity index (χ0n) is 36.0. The molecule has 2 aliphatic heterocycles. The molecule has 0 aromatic carbocycles. The maximum absolute atomic E-state index is 12.4. The normalized spacial score (nSPS) is 46.9. The minimum Gasteiger partial charge on any atom is -0.465 e. The number of fused-ring (bicyclic) bond motifs is 6. The Morgan fingerprint density at radius 1 is 0.912 bits per heavy atom. The standard InChI is InChI=1S/C47H81N3O7/c1-28(51)56-27-38-36-13-14-37-43-33(21-34(52)23-41(43)54-3)25-47(44(37)46(36)57-45(38)30-10-15-39(53)40(22-30)55-20-19-49-2)18-17-31(24-47)35(32-11-16-42(48)50-26-32)12-9-29-7-5-4-6-8-29/h29-46,49-50,52-53H,4-27,48H2,1-3H3/p+2/t30?,31-,32?,33?,34?,35+,36?,37?,38-,39?,40?,41?,42?,43?,44?,45-,46?,47+/m1/s1. The van der Waals surface area contributed by atoms with Crippen molar-refractivity contribution in [1.29, 1.82) is 0 Å². The summed E-state index contributed by atoms with van der Waals surface area (Å²) in [5.41, 5.74) is 6.67. The van der Waals surface area contributed by atoms with Crippen molar-refractivity contribution in [1.82, 2.24) is 0 Å². The quantitative estimate of drug-likeness (QED) is 0.138. The number of ether oxygens (including phenoxy) is 4. The van der Waals surface area contributed by atoms with E-state index < -0.39 is 6.10 Å². The van der Waals surface area contributed by atoms with Gasteiger partial charge in [-0.1, -0.05) is 38.5 Å². The van der Waals surface area contributed by atoms with Gasteiger partial charge in [-0.3, -0.25) is 10.5 Å². The SMILES string of the molecule is C[NH2+]CCOC1CC([C@H]2OC3C(CCC4C5C(CC(O)CC5OC)C[C@@]5(CC[C@@H]([C@H](CCC6CCCCC6)C6CCC(N)[NH2+]C6)C5)C43)[C@H]2COC(C)=O)CCC1O. The number of carbonyl (C=O) groups excluding carboxylic acids is 1. The van der Waals surface area contributed by atoms with Crippen LogP contribution in [0.5, 0.6) is 0 Å². The molecule has 0 bridgehead atoms. The molecule has 0 aromatic rings. The van der Waals surface area contributed by atoms with Crippen molar-refractivity contribution in [3.8, 4) is 0 Å². The third-order valence-electron chi connectivity index (χ3n) is 18.2. The van der Waals surface area contributed by atoms with Crippen molar-refractivity contribution in [3.63, 3.8) is 0 Å². The first-order valence-corrected chi connectivity index (χ1v) is 24.3. The molecule has 0 radical (unpaired) electrons. The van der Waals surface area contributed by atoms with Crippen LogP contribution >= 0.6 is 0 Å². The van der Waals surface area contributed by atoms with Gasteiger partial charge < -0.3 is 39.8 Å². The van der Waals surface area contributed by atoms with Gasteiger partial charge in [0.1, 0.15) is 6.17 Å². The Morgan fingerprint density at radius 3 is 2.49 bits per heavy atom. The maximum Gasteiger partial charge on any atom is 0.302 e. The van der Waals surface area contributed by atoms with Crippen LogP contribution in [0.15, 0.2) is 0 Å². The number of methoxy groups -OCH3 is 1. The van der Waals surface area contributed by atoms with E-state index in [2.05, 4.69) is 17.7 Å². The van der Waals surface area contributed by atoms with E-state index in [1.807, 2.05) is 7.11 Å². The minimum atomic E-state index is -0.441. The highest BCUT2D eigenvalue weighted by atomic mass is 16.5. The monoisotopic (exact) mass is 802 g/mol. The number of hydrogen-bond acceptors (Lipinski definition) is 8. The largest absolute Gasteiger partial charge is 0.465 e. The minimum absolute atomic E-state index is 0.00182. The molecule has 8 aliphatic rings. The second-order valence-electron chi connectivity index (χ2n) is 21.2. The van der Waals surface area contributed by atoms with Crippen molar-refractivity contribution in [2.24, 2.45) is 76.2 Å². The van der Waals surface area contributed by atoms with E-state index in [1.165, 1.54) is 90.0 Å². The van der Waals surface area contributed by atoms with E-state index in [4.69, 9.17) is 24.7 Å². The van der Waals surface area contributed by atoms with Crippen LogP contribution in [0.4, 0.5) is 0 Å². The first-order valence-electron chi connectivity index (χ1n) is 24.3. The van der Waals surface area contributed by atoms with Gasteiger partial charge in [0.2, 0.25) is 0 Å². The number of aliphatic hydroxyl groups excluding tert-OH is 2. The molecule has 8 fully saturated rings. The van der Waals surface area contributed by atoms with Gasteiger partial charge in [-0.05, 0) is 142 Å². The fourth-order valence-electron chi connectivity index (χ4n) is 15.8. The van der Waals surface area contributed by atoms with E-state index in [-0.39, 0.29) is 59.9 Å². The number of nitrogens with two attached hydrogens (primary N) is 3. The number of likely N-dealkylation sites (N-methyl/N-ethyl adjacent to an activating group) is 1. The van der Waals surface area contributed by atoms with Gasteiger partial charge in [0, 0.05) is 32.3 Å². The van der Waals surface area contributed by atoms with Crippen molar-refractivity contribution in [3.05, 3.63) is 0 Å². The lowest BCUT2D eigenvalue weighted by atomic mass is 9.45. The number of rotatable bonds is 13. The van der Waals surface area contributed by atoms with E-state index >= 15 is 0 Å². The van der Waals surface area contributed by atoms with Gasteiger partial charge in [0.05, 0.1) is 70.0 Å². The van der Waals surface area contributed by atoms with Crippen LogP contribution in [0.1, 0.15) is 135 Å². The summed E-state index contributed by atoms with van der Waals surface area (Å²) < 4.78 is 26.3. The first-order chi connectivity index (χ1) is 27.7. The second-order valence-corrected chi connectivity index (χ2v) is 21.2.